The van der Waals surface area contributed by atoms with Gasteiger partial charge < -0.3 is 4.89 Å². The molecule has 0 aliphatic carbocycles. The lowest BCUT2D eigenvalue weighted by atomic mass is 10.5. The lowest BCUT2D eigenvalue weighted by Crippen LogP contribution is -2.14. The molecule has 0 bridgehead atoms. The molecule has 0 spiro atoms. The minimum atomic E-state index is -6.07. The zero-order chi connectivity index (χ0) is 20.9. The second kappa shape index (κ2) is 6.23. The van der Waals surface area contributed by atoms with E-state index < -0.39 is 45.4 Å². The highest BCUT2D eigenvalue weighted by Crippen LogP contribution is 2.45. The van der Waals surface area contributed by atoms with E-state index >= 15 is 0 Å². The molecule has 13 heavy (non-hydrogen) atoms. The smallest absolute Gasteiger partial charge is 0.302 e. The van der Waals surface area contributed by atoms with Crippen LogP contribution in [0.15, 0.2) is 0 Å². The summed E-state index contributed by atoms with van der Waals surface area (Å²) in [5.41, 5.74) is 0. The van der Waals surface area contributed by atoms with Gasteiger partial charge in [-0.05, 0) is 13.7 Å². The molecule has 0 rings (SSSR count). The summed E-state index contributed by atoms with van der Waals surface area (Å²) >= 11 is 10.2. The van der Waals surface area contributed by atoms with Crippen LogP contribution in [0.2, 0.25) is 0 Å². The van der Waals surface area contributed by atoms with E-state index in [4.69, 9.17) is 39.7 Å². The van der Waals surface area contributed by atoms with Gasteiger partial charge in [0.1, 0.15) is 0 Å². The van der Waals surface area contributed by atoms with Crippen LogP contribution < -0.4 is 0 Å². The van der Waals surface area contributed by atoms with Crippen LogP contribution in [0.3, 0.4) is 0 Å². The number of alkyl halides is 2. The van der Waals surface area contributed by atoms with Gasteiger partial charge in [-0.2, -0.15) is 0 Å². The minimum Gasteiger partial charge on any atom is -0.302 e. The van der Waals surface area contributed by atoms with Gasteiger partial charge in [0.05, 0.1) is 14.9 Å². The average Bonchev–Trinajstić information content (AvgIpc) is 2.20. The molecule has 7 heteroatoms. The molecule has 0 aromatic rings. The molecule has 2 atom stereocenters. The Morgan fingerprint density at radius 2 is 1.92 bits per heavy atom. The molecule has 0 aliphatic heterocycles. The van der Waals surface area contributed by atoms with Crippen molar-refractivity contribution in [3.63, 3.8) is 0 Å². The average molecular weight is 263 g/mol. The Kier molecular flexibility index (Phi) is 1.73. The van der Waals surface area contributed by atoms with Gasteiger partial charge in [0.15, 0.2) is 0 Å². The summed E-state index contributed by atoms with van der Waals surface area (Å²) < 4.78 is 105. The molecule has 0 radical (unpaired) electrons. The van der Waals surface area contributed by atoms with Crippen molar-refractivity contribution in [1.29, 1.82) is 0 Å². The maximum absolute atomic E-state index is 12.0. The predicted octanol–water partition coefficient (Wildman–Crippen LogP) is 2.37. The third kappa shape index (κ3) is 6.72. The van der Waals surface area contributed by atoms with Gasteiger partial charge in [0.25, 0.3) is 0 Å². The Morgan fingerprint density at radius 1 is 1.54 bits per heavy atom. The molecule has 0 heterocycles. The zero-order valence-corrected chi connectivity index (χ0v) is 8.28. The highest BCUT2D eigenvalue weighted by Gasteiger charge is 2.26. The highest BCUT2D eigenvalue weighted by molar-refractivity contribution is 7.47. The molecule has 4 nitrogen and oxygen atoms in total. The van der Waals surface area contributed by atoms with Gasteiger partial charge in [-0.3, -0.25) is 9.05 Å². The SMILES string of the molecule is [2H]C([2H])([2H])C([2H])(OP(=O)(O)OC([2H])(C([2H])([2H])[2H])C([2H])([2H])Cl)C([2H])([2H])Cl. The molecule has 0 aliphatic rings. The molecule has 80 valence electrons. The fraction of sp³-hybridized carbons (Fsp3) is 1.00. The van der Waals surface area contributed by atoms with Gasteiger partial charge in [0, 0.05) is 25.4 Å². The van der Waals surface area contributed by atoms with Crippen molar-refractivity contribution in [2.45, 2.75) is 25.9 Å². The lowest BCUT2D eigenvalue weighted by Gasteiger charge is -2.18. The first-order chi connectivity index (χ1) is 10.4. The van der Waals surface area contributed by atoms with E-state index in [1.807, 2.05) is 0 Å². The molecule has 0 aromatic heterocycles. The molecule has 0 saturated carbocycles. The molecule has 0 saturated heterocycles. The second-order valence-corrected chi connectivity index (χ2v) is 3.18. The summed E-state index contributed by atoms with van der Waals surface area (Å²) in [6.07, 6.45) is -7.89. The molecule has 1 N–H and O–H groups in total. The van der Waals surface area contributed by atoms with E-state index in [1.54, 1.807) is 0 Å². The van der Waals surface area contributed by atoms with Crippen LogP contribution in [0.5, 0.6) is 0 Å². The van der Waals surface area contributed by atoms with E-state index in [2.05, 4.69) is 9.05 Å². The number of hydrogen-bond donors (Lipinski definition) is 1. The van der Waals surface area contributed by atoms with Crippen LogP contribution >= 0.6 is 31.0 Å². The number of rotatable bonds is 6. The summed E-state index contributed by atoms with van der Waals surface area (Å²) in [4.78, 5) is 9.56. The van der Waals surface area contributed by atoms with Crippen molar-refractivity contribution < 1.29 is 35.0 Å². The van der Waals surface area contributed by atoms with Crippen molar-refractivity contribution in [3.8, 4) is 0 Å². The lowest BCUT2D eigenvalue weighted by molar-refractivity contribution is 0.101. The van der Waals surface area contributed by atoms with Crippen LogP contribution in [-0.4, -0.2) is 28.7 Å². The summed E-state index contributed by atoms with van der Waals surface area (Å²) in [7, 11) is -6.07. The Balaban J connectivity index is 6.06. The summed E-state index contributed by atoms with van der Waals surface area (Å²) in [6, 6.07) is 0. The second-order valence-electron chi connectivity index (χ2n) is 1.50. The van der Waals surface area contributed by atoms with Crippen LogP contribution in [-0.2, 0) is 13.6 Å². The number of phosphoric acid groups is 1. The molecular formula is C6H13Cl2O4P. The normalized spacial score (nSPS) is 43.3. The van der Waals surface area contributed by atoms with E-state index in [0.717, 1.165) is 0 Å². The number of halogens is 2. The third-order valence-corrected chi connectivity index (χ3v) is 1.75. The van der Waals surface area contributed by atoms with Gasteiger partial charge in [-0.1, -0.05) is 0 Å². The molecule has 0 aromatic carbocycles. The topological polar surface area (TPSA) is 55.8 Å². The molecular weight excluding hydrogens is 238 g/mol. The maximum atomic E-state index is 12.0. The summed E-state index contributed by atoms with van der Waals surface area (Å²) in [6.45, 7) is -7.55. The minimum absolute atomic E-state index is 3.61. The maximum Gasteiger partial charge on any atom is 0.472 e. The molecule has 0 fully saturated rings. The Labute approximate surface area is 105 Å². The van der Waals surface area contributed by atoms with Crippen molar-refractivity contribution >= 4 is 31.0 Å². The van der Waals surface area contributed by atoms with Crippen LogP contribution in [0.4, 0.5) is 0 Å². The number of phosphoric ester groups is 1. The molecule has 0 amide bonds. The largest absolute Gasteiger partial charge is 0.472 e. The first-order valence-corrected chi connectivity index (χ1v) is 4.79. The standard InChI is InChI=1S/C6H13Cl2O4P/c1-5(3-7)11-13(9,10)12-6(2)4-8/h5-6H,3-4H2,1-2H3,(H,9,10)/i1D3,2D3,3D2,4D2,5D,6D. The van der Waals surface area contributed by atoms with Crippen LogP contribution in [0.1, 0.15) is 30.2 Å². The van der Waals surface area contributed by atoms with E-state index in [-0.39, 0.29) is 0 Å². The van der Waals surface area contributed by atoms with Gasteiger partial charge >= 0.3 is 7.82 Å². The van der Waals surface area contributed by atoms with Gasteiger partial charge in [-0.15, -0.1) is 23.2 Å². The quantitative estimate of drug-likeness (QED) is 0.590. The van der Waals surface area contributed by atoms with Crippen LogP contribution in [0.25, 0.3) is 0 Å². The van der Waals surface area contributed by atoms with Gasteiger partial charge in [-0.25, -0.2) is 4.57 Å². The Morgan fingerprint density at radius 3 is 2.15 bits per heavy atom. The van der Waals surface area contributed by atoms with E-state index in [1.165, 1.54) is 0 Å². The Bertz CT molecular complexity index is 464. The van der Waals surface area contributed by atoms with Crippen molar-refractivity contribution in [2.75, 3.05) is 11.7 Å². The number of hydrogen-bond acceptors (Lipinski definition) is 3. The first kappa shape index (κ1) is 3.62. The zero-order valence-electron chi connectivity index (χ0n) is 17.9. The van der Waals surface area contributed by atoms with Crippen molar-refractivity contribution in [2.24, 2.45) is 0 Å². The van der Waals surface area contributed by atoms with E-state index in [0.29, 0.717) is 0 Å². The van der Waals surface area contributed by atoms with Crippen molar-refractivity contribution in [1.82, 2.24) is 0 Å². The summed E-state index contributed by atoms with van der Waals surface area (Å²) in [5, 5.41) is 0. The fourth-order valence-corrected chi connectivity index (χ4v) is 1.06. The van der Waals surface area contributed by atoms with Crippen LogP contribution in [0, 0.1) is 0 Å². The van der Waals surface area contributed by atoms with Crippen molar-refractivity contribution in [3.05, 3.63) is 0 Å². The monoisotopic (exact) mass is 262 g/mol. The third-order valence-electron chi connectivity index (χ3n) is 0.585. The molecule has 2 unspecified atom stereocenters. The fourth-order valence-electron chi connectivity index (χ4n) is 0.284. The first-order valence-electron chi connectivity index (χ1n) is 8.53. The predicted molar refractivity (Wildman–Crippen MR) is 52.4 cm³/mol. The summed E-state index contributed by atoms with van der Waals surface area (Å²) in [5.74, 6) is -7.21. The van der Waals surface area contributed by atoms with E-state index in [9.17, 15) is 9.46 Å². The Hall–Kier alpha value is 0.690. The highest BCUT2D eigenvalue weighted by atomic mass is 35.5. The van der Waals surface area contributed by atoms with Gasteiger partial charge in [0.2, 0.25) is 0 Å².